The number of anilines is 1. The van der Waals surface area contributed by atoms with Crippen LogP contribution in [0.5, 0.6) is 5.75 Å². The van der Waals surface area contributed by atoms with Crippen LogP contribution in [0.3, 0.4) is 0 Å². The number of carbonyl (C=O) groups excluding carboxylic acids is 2. The number of nitrogens with one attached hydrogen (secondary N) is 1. The van der Waals surface area contributed by atoms with Gasteiger partial charge < -0.3 is 15.2 Å². The van der Waals surface area contributed by atoms with Gasteiger partial charge in [-0.05, 0) is 24.3 Å². The Morgan fingerprint density at radius 2 is 1.80 bits per heavy atom. The van der Waals surface area contributed by atoms with Gasteiger partial charge in [0.05, 0.1) is 16.3 Å². The molecule has 0 saturated heterocycles. The first-order valence-electron chi connectivity index (χ1n) is 6.81. The Morgan fingerprint density at radius 1 is 1.12 bits per heavy atom. The number of halogens is 4. The molecule has 2 aromatic rings. The Hall–Kier alpha value is -2.74. The third-order valence-corrected chi connectivity index (χ3v) is 3.36. The fraction of sp³-hybridized carbons (Fsp3) is 0.125. The molecule has 1 amide bonds. The second-order valence-corrected chi connectivity index (χ2v) is 5.21. The van der Waals surface area contributed by atoms with Gasteiger partial charge >= 0.3 is 12.1 Å². The zero-order chi connectivity index (χ0) is 18.6. The summed E-state index contributed by atoms with van der Waals surface area (Å²) in [6.45, 7) is -0.852. The monoisotopic (exact) mass is 373 g/mol. The molecule has 0 radical (unpaired) electrons. The number of amides is 1. The van der Waals surface area contributed by atoms with Gasteiger partial charge in [0, 0.05) is 0 Å². The van der Waals surface area contributed by atoms with Crippen molar-refractivity contribution in [1.82, 2.24) is 0 Å². The summed E-state index contributed by atoms with van der Waals surface area (Å²) in [5.41, 5.74) is -1.93. The lowest BCUT2D eigenvalue weighted by Gasteiger charge is -2.15. The first-order chi connectivity index (χ1) is 11.7. The Morgan fingerprint density at radius 3 is 2.44 bits per heavy atom. The minimum absolute atomic E-state index is 0.177. The summed E-state index contributed by atoms with van der Waals surface area (Å²) in [7, 11) is 0. The fourth-order valence-corrected chi connectivity index (χ4v) is 2.14. The van der Waals surface area contributed by atoms with E-state index in [1.165, 1.54) is 30.3 Å². The average Bonchev–Trinajstić information content (AvgIpc) is 2.54. The van der Waals surface area contributed by atoms with Gasteiger partial charge in [-0.1, -0.05) is 29.8 Å². The molecule has 132 valence electrons. The summed E-state index contributed by atoms with van der Waals surface area (Å²) in [6, 6.07) is 8.50. The zero-order valence-electron chi connectivity index (χ0n) is 12.4. The zero-order valence-corrected chi connectivity index (χ0v) is 13.2. The molecule has 0 heterocycles. The lowest BCUT2D eigenvalue weighted by atomic mass is 10.1. The number of benzene rings is 2. The van der Waals surface area contributed by atoms with Gasteiger partial charge in [-0.3, -0.25) is 4.79 Å². The summed E-state index contributed by atoms with van der Waals surface area (Å²) >= 11 is 5.70. The standard InChI is InChI=1S/C16H11ClF3NO4/c17-11-6-3-5-10(16(18,19)20)14(11)21-13(23)8-25-15(24)9-4-1-2-7-12(9)22/h1-7,22H,8H2,(H,21,23). The molecule has 0 saturated carbocycles. The van der Waals surface area contributed by atoms with Crippen molar-refractivity contribution in [3.8, 4) is 5.75 Å². The number of hydrogen-bond donors (Lipinski definition) is 2. The van der Waals surface area contributed by atoms with E-state index in [1.54, 1.807) is 0 Å². The van der Waals surface area contributed by atoms with Crippen LogP contribution in [0, 0.1) is 0 Å². The lowest BCUT2D eigenvalue weighted by Crippen LogP contribution is -2.23. The van der Waals surface area contributed by atoms with Gasteiger partial charge in [0.1, 0.15) is 11.3 Å². The number of aromatic hydroxyl groups is 1. The Bertz CT molecular complexity index is 808. The van der Waals surface area contributed by atoms with Gasteiger partial charge in [-0.25, -0.2) is 4.79 Å². The van der Waals surface area contributed by atoms with Crippen LogP contribution >= 0.6 is 11.6 Å². The SMILES string of the molecule is O=C(COC(=O)c1ccccc1O)Nc1c(Cl)cccc1C(F)(F)F. The normalized spacial score (nSPS) is 11.0. The minimum Gasteiger partial charge on any atom is -0.507 e. The summed E-state index contributed by atoms with van der Waals surface area (Å²) in [6.07, 6.45) is -4.72. The van der Waals surface area contributed by atoms with E-state index in [1.807, 2.05) is 5.32 Å². The van der Waals surface area contributed by atoms with Crippen LogP contribution in [-0.4, -0.2) is 23.6 Å². The molecule has 0 aliphatic rings. The topological polar surface area (TPSA) is 75.6 Å². The summed E-state index contributed by atoms with van der Waals surface area (Å²) in [5, 5.41) is 11.2. The first kappa shape index (κ1) is 18.6. The number of phenols is 1. The van der Waals surface area contributed by atoms with Gasteiger partial charge in [0.2, 0.25) is 0 Å². The number of esters is 1. The number of para-hydroxylation sites is 2. The molecule has 0 aromatic heterocycles. The molecule has 0 atom stereocenters. The van der Waals surface area contributed by atoms with Crippen LogP contribution < -0.4 is 5.32 Å². The van der Waals surface area contributed by atoms with Gasteiger partial charge in [0.15, 0.2) is 6.61 Å². The van der Waals surface area contributed by atoms with E-state index in [9.17, 15) is 27.9 Å². The van der Waals surface area contributed by atoms with Crippen molar-refractivity contribution < 1.29 is 32.6 Å². The number of alkyl halides is 3. The highest BCUT2D eigenvalue weighted by atomic mass is 35.5. The van der Waals surface area contributed by atoms with Crippen molar-refractivity contribution >= 4 is 29.2 Å². The van der Waals surface area contributed by atoms with Crippen LogP contribution in [0.2, 0.25) is 5.02 Å². The van der Waals surface area contributed by atoms with Crippen LogP contribution in [0.15, 0.2) is 42.5 Å². The number of rotatable bonds is 4. The van der Waals surface area contributed by atoms with Crippen molar-refractivity contribution in [3.63, 3.8) is 0 Å². The van der Waals surface area contributed by atoms with Crippen molar-refractivity contribution in [2.75, 3.05) is 11.9 Å². The third-order valence-electron chi connectivity index (χ3n) is 3.04. The number of hydrogen-bond acceptors (Lipinski definition) is 4. The number of ether oxygens (including phenoxy) is 1. The van der Waals surface area contributed by atoms with Gasteiger partial charge in [-0.2, -0.15) is 13.2 Å². The maximum atomic E-state index is 12.9. The molecular formula is C16H11ClF3NO4. The molecule has 9 heteroatoms. The number of phenolic OH excluding ortho intramolecular Hbond substituents is 1. The minimum atomic E-state index is -4.72. The molecule has 0 aliphatic carbocycles. The summed E-state index contributed by atoms with van der Waals surface area (Å²) < 4.78 is 43.5. The quantitative estimate of drug-likeness (QED) is 0.798. The highest BCUT2D eigenvalue weighted by Gasteiger charge is 2.34. The third kappa shape index (κ3) is 4.63. The molecular weight excluding hydrogens is 363 g/mol. The molecule has 0 unspecified atom stereocenters. The molecule has 25 heavy (non-hydrogen) atoms. The van der Waals surface area contributed by atoms with E-state index in [2.05, 4.69) is 4.74 Å². The maximum Gasteiger partial charge on any atom is 0.418 e. The van der Waals surface area contributed by atoms with E-state index in [4.69, 9.17) is 11.6 Å². The van der Waals surface area contributed by atoms with E-state index in [0.717, 1.165) is 12.1 Å². The van der Waals surface area contributed by atoms with E-state index < -0.39 is 35.9 Å². The second-order valence-electron chi connectivity index (χ2n) is 4.80. The molecule has 5 nitrogen and oxygen atoms in total. The Balaban J connectivity index is 2.07. The first-order valence-corrected chi connectivity index (χ1v) is 7.18. The highest BCUT2D eigenvalue weighted by Crippen LogP contribution is 2.38. The molecule has 0 spiro atoms. The van der Waals surface area contributed by atoms with Gasteiger partial charge in [-0.15, -0.1) is 0 Å². The predicted molar refractivity (Wildman–Crippen MR) is 83.5 cm³/mol. The molecule has 2 N–H and O–H groups in total. The average molecular weight is 374 g/mol. The molecule has 0 aliphatic heterocycles. The van der Waals surface area contributed by atoms with E-state index in [-0.39, 0.29) is 16.3 Å². The van der Waals surface area contributed by atoms with Crippen molar-refractivity contribution in [2.45, 2.75) is 6.18 Å². The van der Waals surface area contributed by atoms with Crippen LogP contribution in [0.25, 0.3) is 0 Å². The number of carbonyl (C=O) groups is 2. The largest absolute Gasteiger partial charge is 0.507 e. The second kappa shape index (κ2) is 7.43. The van der Waals surface area contributed by atoms with Crippen molar-refractivity contribution in [2.24, 2.45) is 0 Å². The van der Waals surface area contributed by atoms with Crippen LogP contribution in [-0.2, 0) is 15.7 Å². The fourth-order valence-electron chi connectivity index (χ4n) is 1.92. The predicted octanol–water partition coefficient (Wildman–Crippen LogP) is 3.86. The van der Waals surface area contributed by atoms with Crippen molar-refractivity contribution in [3.05, 3.63) is 58.6 Å². The molecule has 0 bridgehead atoms. The van der Waals surface area contributed by atoms with Crippen LogP contribution in [0.4, 0.5) is 18.9 Å². The lowest BCUT2D eigenvalue weighted by molar-refractivity contribution is -0.137. The Labute approximate surface area is 145 Å². The van der Waals surface area contributed by atoms with Crippen LogP contribution in [0.1, 0.15) is 15.9 Å². The highest BCUT2D eigenvalue weighted by molar-refractivity contribution is 6.34. The Kier molecular flexibility index (Phi) is 5.53. The van der Waals surface area contributed by atoms with Gasteiger partial charge in [0.25, 0.3) is 5.91 Å². The summed E-state index contributed by atoms with van der Waals surface area (Å²) in [5.74, 6) is -2.36. The van der Waals surface area contributed by atoms with E-state index in [0.29, 0.717) is 0 Å². The summed E-state index contributed by atoms with van der Waals surface area (Å²) in [4.78, 5) is 23.5. The van der Waals surface area contributed by atoms with E-state index >= 15 is 0 Å². The molecule has 0 fully saturated rings. The van der Waals surface area contributed by atoms with Crippen molar-refractivity contribution in [1.29, 1.82) is 0 Å². The molecule has 2 rings (SSSR count). The maximum absolute atomic E-state index is 12.9. The smallest absolute Gasteiger partial charge is 0.418 e. The molecule has 2 aromatic carbocycles.